The fourth-order valence-corrected chi connectivity index (χ4v) is 1.04. The molecule has 0 unspecified atom stereocenters. The van der Waals surface area contributed by atoms with Gasteiger partial charge in [-0.1, -0.05) is 5.92 Å². The van der Waals surface area contributed by atoms with Crippen LogP contribution in [0.25, 0.3) is 0 Å². The van der Waals surface area contributed by atoms with E-state index in [0.29, 0.717) is 6.61 Å². The first-order valence-corrected chi connectivity index (χ1v) is 4.24. The van der Waals surface area contributed by atoms with Crippen LogP contribution in [0.15, 0.2) is 12.2 Å². The molecule has 0 fully saturated rings. The van der Waals surface area contributed by atoms with Crippen molar-refractivity contribution in [2.45, 2.75) is 19.3 Å². The fraction of sp³-hybridized carbons (Fsp3) is 0.500. The topological polar surface area (TPSA) is 44.8 Å². The molecule has 0 saturated heterocycles. The van der Waals surface area contributed by atoms with Crippen LogP contribution in [0.2, 0.25) is 0 Å². The molecule has 0 radical (unpaired) electrons. The minimum atomic E-state index is -0.433. The predicted octanol–water partition coefficient (Wildman–Crippen LogP) is 0.480. The van der Waals surface area contributed by atoms with E-state index >= 15 is 0 Å². The van der Waals surface area contributed by atoms with Crippen LogP contribution in [-0.2, 0) is 19.0 Å². The highest BCUT2D eigenvalue weighted by Crippen LogP contribution is 2.09. The summed E-state index contributed by atoms with van der Waals surface area (Å²) in [4.78, 5) is 10.6. The third kappa shape index (κ3) is 3.60. The molecule has 0 aromatic rings. The smallest absolute Gasteiger partial charge is 0.303 e. The minimum Gasteiger partial charge on any atom is -0.456 e. The molecular formula is C10H12O4. The van der Waals surface area contributed by atoms with E-state index in [4.69, 9.17) is 20.6 Å². The van der Waals surface area contributed by atoms with Crippen molar-refractivity contribution in [1.82, 2.24) is 0 Å². The second kappa shape index (κ2) is 5.43. The summed E-state index contributed by atoms with van der Waals surface area (Å²) in [7, 11) is 0. The van der Waals surface area contributed by atoms with Crippen LogP contribution in [0.3, 0.4) is 0 Å². The fourth-order valence-electron chi connectivity index (χ4n) is 1.04. The second-order valence-corrected chi connectivity index (χ2v) is 2.75. The second-order valence-electron chi connectivity index (χ2n) is 2.75. The minimum absolute atomic E-state index is 0.202. The van der Waals surface area contributed by atoms with Gasteiger partial charge in [0, 0.05) is 6.92 Å². The maximum absolute atomic E-state index is 10.6. The normalized spacial score (nSPS) is 25.4. The SMILES string of the molecule is C#CCO[C@@H]1C=C[C@@H](OC(C)=O)CO1. The number of hydrogen-bond acceptors (Lipinski definition) is 4. The summed E-state index contributed by atoms with van der Waals surface area (Å²) >= 11 is 0. The van der Waals surface area contributed by atoms with Crippen LogP contribution in [0.4, 0.5) is 0 Å². The van der Waals surface area contributed by atoms with Gasteiger partial charge in [0.2, 0.25) is 0 Å². The highest BCUT2D eigenvalue weighted by atomic mass is 16.7. The van der Waals surface area contributed by atoms with Crippen molar-refractivity contribution in [2.24, 2.45) is 0 Å². The summed E-state index contributed by atoms with van der Waals surface area (Å²) in [5, 5.41) is 0. The van der Waals surface area contributed by atoms with Gasteiger partial charge in [-0.25, -0.2) is 0 Å². The molecule has 1 heterocycles. The summed E-state index contributed by atoms with van der Waals surface area (Å²) in [6.07, 6.45) is 7.66. The van der Waals surface area contributed by atoms with E-state index in [1.54, 1.807) is 12.2 Å². The molecule has 2 atom stereocenters. The molecule has 0 saturated carbocycles. The van der Waals surface area contributed by atoms with Crippen molar-refractivity contribution in [3.05, 3.63) is 12.2 Å². The van der Waals surface area contributed by atoms with Gasteiger partial charge in [-0.2, -0.15) is 0 Å². The molecule has 1 aliphatic rings. The Labute approximate surface area is 82.8 Å². The predicted molar refractivity (Wildman–Crippen MR) is 49.2 cm³/mol. The molecule has 0 amide bonds. The highest BCUT2D eigenvalue weighted by Gasteiger charge is 2.17. The van der Waals surface area contributed by atoms with Crippen molar-refractivity contribution in [3.8, 4) is 12.3 Å². The van der Waals surface area contributed by atoms with Crippen LogP contribution >= 0.6 is 0 Å². The zero-order valence-corrected chi connectivity index (χ0v) is 7.93. The van der Waals surface area contributed by atoms with Crippen LogP contribution in [0.5, 0.6) is 0 Å². The first-order chi connectivity index (χ1) is 6.72. The molecule has 0 aliphatic carbocycles. The van der Waals surface area contributed by atoms with Gasteiger partial charge in [0.05, 0.1) is 6.61 Å². The van der Waals surface area contributed by atoms with Crippen LogP contribution in [-0.4, -0.2) is 31.6 Å². The highest BCUT2D eigenvalue weighted by molar-refractivity contribution is 5.66. The molecule has 0 N–H and O–H groups in total. The Kier molecular flexibility index (Phi) is 4.17. The molecule has 0 aromatic carbocycles. The zero-order valence-electron chi connectivity index (χ0n) is 7.93. The van der Waals surface area contributed by atoms with Crippen molar-refractivity contribution in [3.63, 3.8) is 0 Å². The van der Waals surface area contributed by atoms with Gasteiger partial charge < -0.3 is 14.2 Å². The van der Waals surface area contributed by atoms with Gasteiger partial charge in [-0.15, -0.1) is 6.42 Å². The molecule has 4 heteroatoms. The van der Waals surface area contributed by atoms with Gasteiger partial charge in [-0.05, 0) is 12.2 Å². The van der Waals surface area contributed by atoms with Crippen molar-refractivity contribution >= 4 is 5.97 Å². The van der Waals surface area contributed by atoms with Crippen LogP contribution in [0, 0.1) is 12.3 Å². The summed E-state index contributed by atoms with van der Waals surface area (Å²) in [5.74, 6) is 2.01. The average Bonchev–Trinajstić information content (AvgIpc) is 2.16. The molecule has 14 heavy (non-hydrogen) atoms. The van der Waals surface area contributed by atoms with E-state index in [-0.39, 0.29) is 18.7 Å². The van der Waals surface area contributed by atoms with Crippen LogP contribution < -0.4 is 0 Å². The Morgan fingerprint density at radius 3 is 3.00 bits per heavy atom. The lowest BCUT2D eigenvalue weighted by molar-refractivity contribution is -0.158. The summed E-state index contributed by atoms with van der Waals surface area (Å²) < 4.78 is 15.2. The Balaban J connectivity index is 2.32. The number of hydrogen-bond donors (Lipinski definition) is 0. The number of terminal acetylenes is 1. The van der Waals surface area contributed by atoms with E-state index in [9.17, 15) is 4.79 Å². The summed E-state index contributed by atoms with van der Waals surface area (Å²) in [6.45, 7) is 1.85. The van der Waals surface area contributed by atoms with Crippen molar-refractivity contribution < 1.29 is 19.0 Å². The Hall–Kier alpha value is -1.31. The zero-order chi connectivity index (χ0) is 10.4. The van der Waals surface area contributed by atoms with Gasteiger partial charge in [0.1, 0.15) is 12.7 Å². The lowest BCUT2D eigenvalue weighted by Gasteiger charge is -2.22. The van der Waals surface area contributed by atoms with Crippen molar-refractivity contribution in [2.75, 3.05) is 13.2 Å². The van der Waals surface area contributed by atoms with E-state index < -0.39 is 6.29 Å². The molecule has 76 valence electrons. The Bertz CT molecular complexity index is 264. The molecule has 0 bridgehead atoms. The lowest BCUT2D eigenvalue weighted by Crippen LogP contribution is -2.29. The maximum atomic E-state index is 10.6. The number of ether oxygens (including phenoxy) is 3. The molecule has 1 rings (SSSR count). The average molecular weight is 196 g/mol. The Morgan fingerprint density at radius 2 is 2.50 bits per heavy atom. The maximum Gasteiger partial charge on any atom is 0.303 e. The monoisotopic (exact) mass is 196 g/mol. The largest absolute Gasteiger partial charge is 0.456 e. The molecule has 4 nitrogen and oxygen atoms in total. The quantitative estimate of drug-likeness (QED) is 0.374. The summed E-state index contributed by atoms with van der Waals surface area (Å²) in [5.41, 5.74) is 0. The van der Waals surface area contributed by atoms with Gasteiger partial charge in [0.25, 0.3) is 0 Å². The first-order valence-electron chi connectivity index (χ1n) is 4.24. The number of carbonyl (C=O) groups is 1. The van der Waals surface area contributed by atoms with E-state index in [2.05, 4.69) is 5.92 Å². The van der Waals surface area contributed by atoms with Crippen LogP contribution in [0.1, 0.15) is 6.92 Å². The summed E-state index contributed by atoms with van der Waals surface area (Å²) in [6, 6.07) is 0. The molecular weight excluding hydrogens is 184 g/mol. The number of esters is 1. The standard InChI is InChI=1S/C10H12O4/c1-3-6-12-10-5-4-9(7-13-10)14-8(2)11/h1,4-5,9-10H,6-7H2,2H3/t9-,10+/m1/s1. The lowest BCUT2D eigenvalue weighted by atomic mass is 10.3. The van der Waals surface area contributed by atoms with E-state index in [1.807, 2.05) is 0 Å². The Morgan fingerprint density at radius 1 is 1.71 bits per heavy atom. The first kappa shape index (κ1) is 10.8. The van der Waals surface area contributed by atoms with Crippen molar-refractivity contribution in [1.29, 1.82) is 0 Å². The third-order valence-corrected chi connectivity index (χ3v) is 1.56. The molecule has 0 aromatic heterocycles. The van der Waals surface area contributed by atoms with E-state index in [1.165, 1.54) is 6.92 Å². The number of rotatable bonds is 3. The molecule has 0 spiro atoms. The van der Waals surface area contributed by atoms with Gasteiger partial charge in [-0.3, -0.25) is 4.79 Å². The third-order valence-electron chi connectivity index (χ3n) is 1.56. The van der Waals surface area contributed by atoms with Gasteiger partial charge in [0.15, 0.2) is 6.29 Å². The molecule has 1 aliphatic heterocycles. The van der Waals surface area contributed by atoms with E-state index in [0.717, 1.165) is 0 Å². The number of carbonyl (C=O) groups excluding carboxylic acids is 1. The van der Waals surface area contributed by atoms with Gasteiger partial charge >= 0.3 is 5.97 Å².